The van der Waals surface area contributed by atoms with Gasteiger partial charge in [-0.15, -0.1) is 0 Å². The molecule has 140 valence electrons. The van der Waals surface area contributed by atoms with Crippen LogP contribution in [0.4, 0.5) is 0 Å². The van der Waals surface area contributed by atoms with Gasteiger partial charge in [-0.3, -0.25) is 0 Å². The second-order valence-electron chi connectivity index (χ2n) is 4.68. The Hall–Kier alpha value is -0.0631. The van der Waals surface area contributed by atoms with Gasteiger partial charge in [0.2, 0.25) is 0 Å². The van der Waals surface area contributed by atoms with Crippen LogP contribution in [-0.2, 0) is 32.2 Å². The minimum atomic E-state index is -2.62. The van der Waals surface area contributed by atoms with Crippen molar-refractivity contribution < 1.29 is 32.2 Å². The maximum Gasteiger partial charge on any atom is 0.502 e. The second-order valence-corrected chi connectivity index (χ2v) is 7.56. The predicted molar refractivity (Wildman–Crippen MR) is 89.5 cm³/mol. The van der Waals surface area contributed by atoms with Gasteiger partial charge in [-0.05, 0) is 20.8 Å². The Morgan fingerprint density at radius 3 is 1.78 bits per heavy atom. The van der Waals surface area contributed by atoms with E-state index in [1.54, 1.807) is 7.11 Å². The first-order valence-electron chi connectivity index (χ1n) is 8.35. The summed E-state index contributed by atoms with van der Waals surface area (Å²) >= 11 is 0. The molecular formula is C15H34O7Si. The topological polar surface area (TPSA) is 64.6 Å². The summed E-state index contributed by atoms with van der Waals surface area (Å²) in [4.78, 5) is 0. The number of ether oxygens (including phenoxy) is 4. The molecule has 0 saturated carbocycles. The van der Waals surface area contributed by atoms with E-state index in [1.807, 2.05) is 27.7 Å². The Labute approximate surface area is 141 Å². The first kappa shape index (κ1) is 22.9. The van der Waals surface area contributed by atoms with Crippen molar-refractivity contribution in [3.63, 3.8) is 0 Å². The van der Waals surface area contributed by atoms with Crippen LogP contribution in [0.1, 0.15) is 27.7 Å². The monoisotopic (exact) mass is 354 g/mol. The van der Waals surface area contributed by atoms with Gasteiger partial charge in [-0.1, -0.05) is 6.92 Å². The molecule has 0 bridgehead atoms. The maximum atomic E-state index is 5.92. The van der Waals surface area contributed by atoms with Crippen molar-refractivity contribution in [1.29, 1.82) is 0 Å². The highest BCUT2D eigenvalue weighted by molar-refractivity contribution is 6.60. The van der Waals surface area contributed by atoms with E-state index in [1.165, 1.54) is 0 Å². The van der Waals surface area contributed by atoms with Gasteiger partial charge in [0.1, 0.15) is 6.29 Å². The van der Waals surface area contributed by atoms with Gasteiger partial charge in [-0.25, -0.2) is 0 Å². The van der Waals surface area contributed by atoms with E-state index in [4.69, 9.17) is 32.2 Å². The predicted octanol–water partition coefficient (Wildman–Crippen LogP) is 2.08. The Morgan fingerprint density at radius 2 is 1.30 bits per heavy atom. The largest absolute Gasteiger partial charge is 0.502 e. The standard InChI is InChI=1S/C15H34O7Si/c1-6-20-23(8-3,21-7-2)22-15(4)19-14-13-18-12-11-17-10-9-16-5/h15H,6-14H2,1-5H3. The van der Waals surface area contributed by atoms with E-state index in [9.17, 15) is 0 Å². The summed E-state index contributed by atoms with van der Waals surface area (Å²) in [5, 5.41) is 0. The smallest absolute Gasteiger partial charge is 0.382 e. The lowest BCUT2D eigenvalue weighted by atomic mass is 10.7. The summed E-state index contributed by atoms with van der Waals surface area (Å²) < 4.78 is 38.6. The molecule has 0 aromatic heterocycles. The third-order valence-corrected chi connectivity index (χ3v) is 5.91. The number of rotatable bonds is 17. The highest BCUT2D eigenvalue weighted by Gasteiger charge is 2.40. The first-order valence-corrected chi connectivity index (χ1v) is 10.3. The van der Waals surface area contributed by atoms with E-state index in [0.29, 0.717) is 52.9 Å². The molecule has 8 heteroatoms. The van der Waals surface area contributed by atoms with E-state index in [2.05, 4.69) is 0 Å². The third kappa shape index (κ3) is 12.0. The van der Waals surface area contributed by atoms with Crippen molar-refractivity contribution in [3.8, 4) is 0 Å². The lowest BCUT2D eigenvalue weighted by molar-refractivity contribution is -0.119. The van der Waals surface area contributed by atoms with Crippen LogP contribution >= 0.6 is 0 Å². The Balaban J connectivity index is 3.77. The van der Waals surface area contributed by atoms with Crippen LogP contribution in [0.25, 0.3) is 0 Å². The molecule has 0 rings (SSSR count). The van der Waals surface area contributed by atoms with Crippen molar-refractivity contribution in [3.05, 3.63) is 0 Å². The normalized spacial score (nSPS) is 13.4. The minimum Gasteiger partial charge on any atom is -0.382 e. The van der Waals surface area contributed by atoms with Crippen LogP contribution in [0.3, 0.4) is 0 Å². The maximum absolute atomic E-state index is 5.92. The van der Waals surface area contributed by atoms with Crippen LogP contribution < -0.4 is 0 Å². The average Bonchev–Trinajstić information content (AvgIpc) is 2.53. The molecule has 0 aliphatic carbocycles. The molecule has 0 aromatic carbocycles. The van der Waals surface area contributed by atoms with E-state index >= 15 is 0 Å². The summed E-state index contributed by atoms with van der Waals surface area (Å²) in [7, 11) is -0.978. The summed E-state index contributed by atoms with van der Waals surface area (Å²) in [6.45, 7) is 12.1. The van der Waals surface area contributed by atoms with Crippen molar-refractivity contribution in [2.45, 2.75) is 40.0 Å². The molecule has 7 nitrogen and oxygen atoms in total. The highest BCUT2D eigenvalue weighted by Crippen LogP contribution is 2.18. The lowest BCUT2D eigenvalue weighted by Gasteiger charge is -2.30. The molecule has 1 atom stereocenters. The van der Waals surface area contributed by atoms with Crippen molar-refractivity contribution >= 4 is 8.80 Å². The average molecular weight is 355 g/mol. The molecule has 0 aliphatic heterocycles. The number of methoxy groups -OCH3 is 1. The minimum absolute atomic E-state index is 0.388. The second kappa shape index (κ2) is 15.5. The third-order valence-electron chi connectivity index (χ3n) is 2.89. The molecule has 0 amide bonds. The van der Waals surface area contributed by atoms with Crippen LogP contribution in [0.2, 0.25) is 6.04 Å². The van der Waals surface area contributed by atoms with E-state index in [-0.39, 0.29) is 6.29 Å². The van der Waals surface area contributed by atoms with Gasteiger partial charge in [0.15, 0.2) is 0 Å². The molecule has 1 unspecified atom stereocenters. The van der Waals surface area contributed by atoms with Crippen molar-refractivity contribution in [2.75, 3.05) is 60.0 Å². The molecule has 0 N–H and O–H groups in total. The van der Waals surface area contributed by atoms with Crippen LogP contribution in [-0.4, -0.2) is 75.1 Å². The zero-order valence-corrected chi connectivity index (χ0v) is 16.3. The fourth-order valence-corrected chi connectivity index (χ4v) is 4.11. The highest BCUT2D eigenvalue weighted by atomic mass is 28.4. The van der Waals surface area contributed by atoms with Gasteiger partial charge in [-0.2, -0.15) is 0 Å². The van der Waals surface area contributed by atoms with Crippen LogP contribution in [0, 0.1) is 0 Å². The summed E-state index contributed by atoms with van der Waals surface area (Å²) in [5.41, 5.74) is 0. The van der Waals surface area contributed by atoms with Crippen LogP contribution in [0.5, 0.6) is 0 Å². The first-order chi connectivity index (χ1) is 11.1. The fourth-order valence-electron chi connectivity index (χ4n) is 1.86. The zero-order valence-electron chi connectivity index (χ0n) is 15.3. The Kier molecular flexibility index (Phi) is 15.4. The molecule has 0 aromatic rings. The van der Waals surface area contributed by atoms with Crippen molar-refractivity contribution in [2.24, 2.45) is 0 Å². The molecule has 0 fully saturated rings. The van der Waals surface area contributed by atoms with E-state index in [0.717, 1.165) is 6.04 Å². The summed E-state index contributed by atoms with van der Waals surface area (Å²) in [5.74, 6) is 0. The van der Waals surface area contributed by atoms with Gasteiger partial charge in [0.05, 0.1) is 39.6 Å². The molecule has 0 radical (unpaired) electrons. The molecule has 23 heavy (non-hydrogen) atoms. The summed E-state index contributed by atoms with van der Waals surface area (Å²) in [6.07, 6.45) is -0.388. The van der Waals surface area contributed by atoms with Gasteiger partial charge >= 0.3 is 8.80 Å². The molecule has 0 spiro atoms. The molecule has 0 saturated heterocycles. The van der Waals surface area contributed by atoms with Gasteiger partial charge in [0.25, 0.3) is 0 Å². The summed E-state index contributed by atoms with van der Waals surface area (Å²) in [6, 6.07) is 0.720. The lowest BCUT2D eigenvalue weighted by Crippen LogP contribution is -2.48. The van der Waals surface area contributed by atoms with Crippen LogP contribution in [0.15, 0.2) is 0 Å². The molecular weight excluding hydrogens is 320 g/mol. The number of hydrogen-bond acceptors (Lipinski definition) is 7. The number of hydrogen-bond donors (Lipinski definition) is 0. The Bertz CT molecular complexity index is 250. The molecule has 0 heterocycles. The Morgan fingerprint density at radius 1 is 0.783 bits per heavy atom. The molecule has 0 aliphatic rings. The van der Waals surface area contributed by atoms with Crippen molar-refractivity contribution in [1.82, 2.24) is 0 Å². The van der Waals surface area contributed by atoms with E-state index < -0.39 is 8.80 Å². The van der Waals surface area contributed by atoms with Gasteiger partial charge < -0.3 is 32.2 Å². The zero-order chi connectivity index (χ0) is 17.4. The SMILES string of the molecule is CCO[Si](CC)(OCC)OC(C)OCCOCCOCCOC. The van der Waals surface area contributed by atoms with Gasteiger partial charge in [0, 0.05) is 26.4 Å². The fraction of sp³-hybridized carbons (Fsp3) is 1.00. The quantitative estimate of drug-likeness (QED) is 0.225.